The number of aryl methyl sites for hydroxylation is 2. The minimum Gasteiger partial charge on any atom is -0.487 e. The Bertz CT molecular complexity index is 948. The van der Waals surface area contributed by atoms with E-state index in [1.54, 1.807) is 0 Å². The van der Waals surface area contributed by atoms with Crippen molar-refractivity contribution >= 4 is 5.97 Å². The third kappa shape index (κ3) is 5.93. The Morgan fingerprint density at radius 2 is 1.93 bits per heavy atom. The average molecular weight is 394 g/mol. The second-order valence-corrected chi connectivity index (χ2v) is 6.83. The zero-order valence-corrected chi connectivity index (χ0v) is 17.0. The maximum absolute atomic E-state index is 11.1. The molecule has 0 aliphatic rings. The number of carbonyl (C=O) groups is 1. The Kier molecular flexibility index (Phi) is 7.03. The number of nitrogens with zero attached hydrogens (tertiary/aromatic N) is 1. The molecule has 0 amide bonds. The van der Waals surface area contributed by atoms with Gasteiger partial charge in [0.2, 0.25) is 5.89 Å². The van der Waals surface area contributed by atoms with Crippen LogP contribution in [-0.4, -0.2) is 31.2 Å². The number of benzene rings is 2. The monoisotopic (exact) mass is 394 g/mol. The highest BCUT2D eigenvalue weighted by atomic mass is 16.5. The van der Waals surface area contributed by atoms with Crippen molar-refractivity contribution < 1.29 is 18.7 Å². The first-order chi connectivity index (χ1) is 14.0. The Morgan fingerprint density at radius 1 is 1.14 bits per heavy atom. The first kappa shape index (κ1) is 20.6. The lowest BCUT2D eigenvalue weighted by Crippen LogP contribution is -2.25. The van der Waals surface area contributed by atoms with Gasteiger partial charge in [-0.1, -0.05) is 29.8 Å². The van der Waals surface area contributed by atoms with E-state index in [2.05, 4.69) is 15.0 Å². The lowest BCUT2D eigenvalue weighted by molar-refractivity contribution is -0.139. The molecule has 0 unspecified atom stereocenters. The summed E-state index contributed by atoms with van der Waals surface area (Å²) >= 11 is 0. The number of methoxy groups -OCH3 is 1. The zero-order chi connectivity index (χ0) is 20.6. The van der Waals surface area contributed by atoms with E-state index in [4.69, 9.17) is 9.15 Å². The lowest BCUT2D eigenvalue weighted by Gasteiger charge is -2.08. The molecule has 6 heteroatoms. The van der Waals surface area contributed by atoms with Crippen molar-refractivity contribution in [1.82, 2.24) is 10.3 Å². The van der Waals surface area contributed by atoms with Crippen LogP contribution in [-0.2, 0) is 22.6 Å². The lowest BCUT2D eigenvalue weighted by atomic mass is 10.1. The predicted octanol–water partition coefficient (Wildman–Crippen LogP) is 3.84. The minimum absolute atomic E-state index is 0.210. The van der Waals surface area contributed by atoms with Gasteiger partial charge in [-0.25, -0.2) is 4.98 Å². The Hall–Kier alpha value is -3.12. The van der Waals surface area contributed by atoms with Crippen LogP contribution in [0.2, 0.25) is 0 Å². The second-order valence-electron chi connectivity index (χ2n) is 6.83. The van der Waals surface area contributed by atoms with Crippen LogP contribution >= 0.6 is 0 Å². The number of aromatic nitrogens is 1. The molecule has 1 heterocycles. The van der Waals surface area contributed by atoms with E-state index in [-0.39, 0.29) is 12.5 Å². The highest BCUT2D eigenvalue weighted by molar-refractivity contribution is 5.71. The van der Waals surface area contributed by atoms with Crippen molar-refractivity contribution in [1.29, 1.82) is 0 Å². The molecule has 0 atom stereocenters. The molecule has 0 spiro atoms. The van der Waals surface area contributed by atoms with Crippen molar-refractivity contribution in [3.63, 3.8) is 0 Å². The smallest absolute Gasteiger partial charge is 0.319 e. The fourth-order valence-corrected chi connectivity index (χ4v) is 2.82. The summed E-state index contributed by atoms with van der Waals surface area (Å²) in [5, 5.41) is 3.05. The number of oxazole rings is 1. The summed E-state index contributed by atoms with van der Waals surface area (Å²) in [6.07, 6.45) is 0.786. The third-order valence-electron chi connectivity index (χ3n) is 4.55. The number of rotatable bonds is 9. The van der Waals surface area contributed by atoms with Gasteiger partial charge in [-0.2, -0.15) is 0 Å². The summed E-state index contributed by atoms with van der Waals surface area (Å²) in [6.45, 7) is 5.17. The standard InChI is InChI=1S/C23H26N2O4/c1-16-7-9-19(10-8-16)23-25-21(17(2)29-23)15-28-20-6-4-5-18(13-20)11-12-24-14-22(26)27-3/h4-10,13,24H,11-12,14-15H2,1-3H3. The first-order valence-electron chi connectivity index (χ1n) is 9.58. The normalized spacial score (nSPS) is 10.7. The van der Waals surface area contributed by atoms with Crippen LogP contribution in [0.15, 0.2) is 52.9 Å². The van der Waals surface area contributed by atoms with Crippen molar-refractivity contribution in [2.75, 3.05) is 20.2 Å². The topological polar surface area (TPSA) is 73.6 Å². The number of carbonyl (C=O) groups excluding carboxylic acids is 1. The molecule has 0 bridgehead atoms. The average Bonchev–Trinajstić information content (AvgIpc) is 3.11. The number of hydrogen-bond donors (Lipinski definition) is 1. The van der Waals surface area contributed by atoms with E-state index >= 15 is 0 Å². The van der Waals surface area contributed by atoms with Gasteiger partial charge in [0, 0.05) is 5.56 Å². The molecular formula is C23H26N2O4. The Labute approximate surface area is 170 Å². The molecule has 152 valence electrons. The van der Waals surface area contributed by atoms with Crippen molar-refractivity contribution in [3.8, 4) is 17.2 Å². The van der Waals surface area contributed by atoms with E-state index < -0.39 is 0 Å². The fourth-order valence-electron chi connectivity index (χ4n) is 2.82. The summed E-state index contributed by atoms with van der Waals surface area (Å²) in [5.41, 5.74) is 4.05. The zero-order valence-electron chi connectivity index (χ0n) is 17.0. The van der Waals surface area contributed by atoms with E-state index in [9.17, 15) is 4.79 Å². The van der Waals surface area contributed by atoms with Crippen molar-refractivity contribution in [2.24, 2.45) is 0 Å². The second kappa shape index (κ2) is 9.89. The van der Waals surface area contributed by atoms with Crippen molar-refractivity contribution in [3.05, 3.63) is 71.1 Å². The van der Waals surface area contributed by atoms with E-state index in [0.29, 0.717) is 19.0 Å². The molecule has 1 N–H and O–H groups in total. The van der Waals surface area contributed by atoms with E-state index in [1.165, 1.54) is 12.7 Å². The van der Waals surface area contributed by atoms with Gasteiger partial charge in [0.05, 0.1) is 13.7 Å². The first-order valence-corrected chi connectivity index (χ1v) is 9.58. The molecular weight excluding hydrogens is 368 g/mol. The SMILES string of the molecule is COC(=O)CNCCc1cccc(OCc2nc(-c3ccc(C)cc3)oc2C)c1. The molecule has 0 aliphatic heterocycles. The van der Waals surface area contributed by atoms with Crippen LogP contribution in [0.3, 0.4) is 0 Å². The van der Waals surface area contributed by atoms with Gasteiger partial charge in [0.15, 0.2) is 0 Å². The highest BCUT2D eigenvalue weighted by Crippen LogP contribution is 2.23. The van der Waals surface area contributed by atoms with Gasteiger partial charge in [-0.05, 0) is 56.6 Å². The summed E-state index contributed by atoms with van der Waals surface area (Å²) in [5.74, 6) is 1.86. The van der Waals surface area contributed by atoms with Crippen molar-refractivity contribution in [2.45, 2.75) is 26.9 Å². The van der Waals surface area contributed by atoms with Crippen LogP contribution < -0.4 is 10.1 Å². The summed E-state index contributed by atoms with van der Waals surface area (Å²) in [6, 6.07) is 16.0. The van der Waals surface area contributed by atoms with Crippen LogP contribution in [0.1, 0.15) is 22.6 Å². The largest absolute Gasteiger partial charge is 0.487 e. The summed E-state index contributed by atoms with van der Waals surface area (Å²) < 4.78 is 16.3. The van der Waals surface area contributed by atoms with Crippen LogP contribution in [0.5, 0.6) is 5.75 Å². The van der Waals surface area contributed by atoms with Crippen LogP contribution in [0.25, 0.3) is 11.5 Å². The molecule has 0 saturated carbocycles. The number of esters is 1. The number of ether oxygens (including phenoxy) is 2. The minimum atomic E-state index is -0.268. The number of hydrogen-bond acceptors (Lipinski definition) is 6. The van der Waals surface area contributed by atoms with Gasteiger partial charge in [0.1, 0.15) is 23.8 Å². The molecule has 3 rings (SSSR count). The van der Waals surface area contributed by atoms with Crippen LogP contribution in [0, 0.1) is 13.8 Å². The van der Waals surface area contributed by atoms with Gasteiger partial charge in [-0.3, -0.25) is 4.79 Å². The van der Waals surface area contributed by atoms with Gasteiger partial charge >= 0.3 is 5.97 Å². The van der Waals surface area contributed by atoms with Gasteiger partial charge in [0.25, 0.3) is 0 Å². The maximum Gasteiger partial charge on any atom is 0.319 e. The number of nitrogens with one attached hydrogen (secondary N) is 1. The molecule has 29 heavy (non-hydrogen) atoms. The molecule has 0 aliphatic carbocycles. The molecule has 3 aromatic rings. The van der Waals surface area contributed by atoms with Gasteiger partial charge < -0.3 is 19.2 Å². The molecule has 2 aromatic carbocycles. The van der Waals surface area contributed by atoms with Gasteiger partial charge in [-0.15, -0.1) is 0 Å². The predicted molar refractivity (Wildman–Crippen MR) is 111 cm³/mol. The third-order valence-corrected chi connectivity index (χ3v) is 4.55. The Balaban J connectivity index is 1.56. The summed E-state index contributed by atoms with van der Waals surface area (Å²) in [4.78, 5) is 15.7. The quantitative estimate of drug-likeness (QED) is 0.439. The highest BCUT2D eigenvalue weighted by Gasteiger charge is 2.12. The molecule has 6 nitrogen and oxygen atoms in total. The van der Waals surface area contributed by atoms with Crippen LogP contribution in [0.4, 0.5) is 0 Å². The summed E-state index contributed by atoms with van der Waals surface area (Å²) in [7, 11) is 1.38. The molecule has 0 radical (unpaired) electrons. The fraction of sp³-hybridized carbons (Fsp3) is 0.304. The molecule has 0 saturated heterocycles. The maximum atomic E-state index is 11.1. The molecule has 0 fully saturated rings. The molecule has 1 aromatic heterocycles. The van der Waals surface area contributed by atoms with E-state index in [0.717, 1.165) is 34.8 Å². The Morgan fingerprint density at radius 3 is 2.69 bits per heavy atom. The van der Waals surface area contributed by atoms with E-state index in [1.807, 2.05) is 62.4 Å².